The summed E-state index contributed by atoms with van der Waals surface area (Å²) in [5.74, 6) is 0.00197. The minimum absolute atomic E-state index is 0.0415. The van der Waals surface area contributed by atoms with Gasteiger partial charge in [-0.15, -0.1) is 0 Å². The maximum atomic E-state index is 12.5. The van der Waals surface area contributed by atoms with Gasteiger partial charge in [-0.2, -0.15) is 5.10 Å². The van der Waals surface area contributed by atoms with Gasteiger partial charge >= 0.3 is 0 Å². The molecule has 26 heavy (non-hydrogen) atoms. The maximum absolute atomic E-state index is 12.5. The summed E-state index contributed by atoms with van der Waals surface area (Å²) in [6.07, 6.45) is 0. The minimum atomic E-state index is -0.624. The van der Waals surface area contributed by atoms with E-state index in [2.05, 4.69) is 16.0 Å². The summed E-state index contributed by atoms with van der Waals surface area (Å²) in [6, 6.07) is 6.67. The number of nitrogens with zero attached hydrogens (tertiary/aromatic N) is 2. The molecule has 0 radical (unpaired) electrons. The zero-order valence-corrected chi connectivity index (χ0v) is 14.8. The van der Waals surface area contributed by atoms with Crippen LogP contribution in [0.25, 0.3) is 10.8 Å². The summed E-state index contributed by atoms with van der Waals surface area (Å²) in [7, 11) is 1.46. The van der Waals surface area contributed by atoms with Gasteiger partial charge in [-0.1, -0.05) is 18.2 Å². The Morgan fingerprint density at radius 1 is 1.00 bits per heavy atom. The Hall–Kier alpha value is -3.42. The molecule has 0 saturated heterocycles. The standard InChI is InChI=1S/C18H18N4O4/c1-9-10(2)26-11(3)14(9)16(23)19-20-17(24)15-12-7-5-6-8-13(12)18(25)22(4)21-15/h5-8H,1-4H3,(H,19,23)(H,20,24). The fourth-order valence-electron chi connectivity index (χ4n) is 2.83. The first-order valence-corrected chi connectivity index (χ1v) is 7.94. The lowest BCUT2D eigenvalue weighted by Crippen LogP contribution is -2.43. The second-order valence-corrected chi connectivity index (χ2v) is 5.95. The number of fused-ring (bicyclic) bond motifs is 1. The van der Waals surface area contributed by atoms with E-state index in [1.54, 1.807) is 45.0 Å². The third-order valence-corrected chi connectivity index (χ3v) is 4.25. The van der Waals surface area contributed by atoms with E-state index in [1.165, 1.54) is 7.05 Å². The molecule has 3 rings (SSSR count). The molecule has 0 unspecified atom stereocenters. The number of hydrogen-bond donors (Lipinski definition) is 2. The predicted molar refractivity (Wildman–Crippen MR) is 94.8 cm³/mol. The highest BCUT2D eigenvalue weighted by atomic mass is 16.3. The van der Waals surface area contributed by atoms with Crippen molar-refractivity contribution in [3.8, 4) is 0 Å². The predicted octanol–water partition coefficient (Wildman–Crippen LogP) is 1.53. The van der Waals surface area contributed by atoms with Crippen molar-refractivity contribution in [3.05, 3.63) is 63.0 Å². The Morgan fingerprint density at radius 2 is 1.62 bits per heavy atom. The van der Waals surface area contributed by atoms with Crippen LogP contribution >= 0.6 is 0 Å². The highest BCUT2D eigenvalue weighted by molar-refractivity contribution is 6.06. The van der Waals surface area contributed by atoms with E-state index in [4.69, 9.17) is 4.42 Å². The van der Waals surface area contributed by atoms with E-state index in [1.807, 2.05) is 0 Å². The van der Waals surface area contributed by atoms with Crippen molar-refractivity contribution >= 4 is 22.6 Å². The molecule has 0 aliphatic rings. The Bertz CT molecular complexity index is 1090. The average molecular weight is 354 g/mol. The number of benzene rings is 1. The Labute approximate surface area is 148 Å². The van der Waals surface area contributed by atoms with Crippen molar-refractivity contribution in [2.24, 2.45) is 7.05 Å². The van der Waals surface area contributed by atoms with Gasteiger partial charge in [0.05, 0.1) is 10.9 Å². The number of amides is 2. The first-order valence-electron chi connectivity index (χ1n) is 7.94. The van der Waals surface area contributed by atoms with Crippen molar-refractivity contribution in [1.29, 1.82) is 0 Å². The molecular formula is C18H18N4O4. The van der Waals surface area contributed by atoms with E-state index in [9.17, 15) is 14.4 Å². The molecule has 2 amide bonds. The minimum Gasteiger partial charge on any atom is -0.466 e. The molecule has 2 heterocycles. The monoisotopic (exact) mass is 354 g/mol. The van der Waals surface area contributed by atoms with Crippen molar-refractivity contribution in [2.45, 2.75) is 20.8 Å². The van der Waals surface area contributed by atoms with Crippen LogP contribution < -0.4 is 16.4 Å². The quantitative estimate of drug-likeness (QED) is 0.679. The normalized spacial score (nSPS) is 10.8. The summed E-state index contributed by atoms with van der Waals surface area (Å²) in [6.45, 7) is 5.21. The third kappa shape index (κ3) is 2.85. The highest BCUT2D eigenvalue weighted by Crippen LogP contribution is 2.20. The van der Waals surface area contributed by atoms with E-state index in [0.717, 1.165) is 4.68 Å². The largest absolute Gasteiger partial charge is 0.466 e. The molecule has 0 aliphatic heterocycles. The second kappa shape index (κ2) is 6.47. The lowest BCUT2D eigenvalue weighted by Gasteiger charge is -2.10. The summed E-state index contributed by atoms with van der Waals surface area (Å²) in [5.41, 5.74) is 5.53. The van der Waals surface area contributed by atoms with Crippen LogP contribution in [0.2, 0.25) is 0 Å². The van der Waals surface area contributed by atoms with Gasteiger partial charge in [-0.25, -0.2) is 4.68 Å². The van der Waals surface area contributed by atoms with Crippen LogP contribution in [0.3, 0.4) is 0 Å². The topological polar surface area (TPSA) is 106 Å². The van der Waals surface area contributed by atoms with Crippen LogP contribution in [0, 0.1) is 20.8 Å². The Kier molecular flexibility index (Phi) is 4.33. The van der Waals surface area contributed by atoms with E-state index >= 15 is 0 Å². The number of aromatic nitrogens is 2. The van der Waals surface area contributed by atoms with E-state index < -0.39 is 11.8 Å². The SMILES string of the molecule is Cc1oc(C)c(C(=O)NNC(=O)c2nn(C)c(=O)c3ccccc23)c1C. The lowest BCUT2D eigenvalue weighted by atomic mass is 10.1. The zero-order chi connectivity index (χ0) is 19.0. The van der Waals surface area contributed by atoms with Crippen molar-refractivity contribution in [3.63, 3.8) is 0 Å². The van der Waals surface area contributed by atoms with Gasteiger partial charge in [0.25, 0.3) is 17.4 Å². The van der Waals surface area contributed by atoms with E-state index in [-0.39, 0.29) is 11.3 Å². The van der Waals surface area contributed by atoms with Crippen LogP contribution in [-0.4, -0.2) is 21.6 Å². The molecule has 8 nitrogen and oxygen atoms in total. The van der Waals surface area contributed by atoms with Crippen LogP contribution in [0.1, 0.15) is 37.9 Å². The van der Waals surface area contributed by atoms with Gasteiger partial charge in [0.15, 0.2) is 5.69 Å². The number of furan rings is 1. The van der Waals surface area contributed by atoms with E-state index in [0.29, 0.717) is 33.4 Å². The molecule has 134 valence electrons. The zero-order valence-electron chi connectivity index (χ0n) is 14.8. The molecule has 0 aliphatic carbocycles. The van der Waals surface area contributed by atoms with Gasteiger partial charge in [0, 0.05) is 18.0 Å². The van der Waals surface area contributed by atoms with Crippen molar-refractivity contribution in [2.75, 3.05) is 0 Å². The first-order chi connectivity index (χ1) is 12.3. The lowest BCUT2D eigenvalue weighted by molar-refractivity contribution is 0.0842. The smallest absolute Gasteiger partial charge is 0.290 e. The first kappa shape index (κ1) is 17.4. The van der Waals surface area contributed by atoms with Crippen molar-refractivity contribution < 1.29 is 14.0 Å². The summed E-state index contributed by atoms with van der Waals surface area (Å²) < 4.78 is 6.51. The fraction of sp³-hybridized carbons (Fsp3) is 0.222. The second-order valence-electron chi connectivity index (χ2n) is 5.95. The van der Waals surface area contributed by atoms with Gasteiger partial charge in [-0.05, 0) is 26.8 Å². The Balaban J connectivity index is 1.87. The fourth-order valence-corrected chi connectivity index (χ4v) is 2.83. The molecule has 0 atom stereocenters. The maximum Gasteiger partial charge on any atom is 0.290 e. The highest BCUT2D eigenvalue weighted by Gasteiger charge is 2.20. The Morgan fingerprint density at radius 3 is 2.23 bits per heavy atom. The summed E-state index contributed by atoms with van der Waals surface area (Å²) >= 11 is 0. The molecule has 2 aromatic heterocycles. The number of carbonyl (C=O) groups excluding carboxylic acids is 2. The summed E-state index contributed by atoms with van der Waals surface area (Å²) in [5, 5.41) is 4.80. The van der Waals surface area contributed by atoms with Gasteiger partial charge < -0.3 is 4.42 Å². The van der Waals surface area contributed by atoms with Gasteiger partial charge in [0.2, 0.25) is 0 Å². The number of rotatable bonds is 2. The average Bonchev–Trinajstić information content (AvgIpc) is 2.88. The van der Waals surface area contributed by atoms with Crippen LogP contribution in [-0.2, 0) is 7.05 Å². The molecule has 8 heteroatoms. The number of aryl methyl sites for hydroxylation is 3. The number of hydrogen-bond acceptors (Lipinski definition) is 5. The molecule has 0 bridgehead atoms. The number of nitrogens with one attached hydrogen (secondary N) is 2. The van der Waals surface area contributed by atoms with Crippen LogP contribution in [0.5, 0.6) is 0 Å². The van der Waals surface area contributed by atoms with Gasteiger partial charge in [-0.3, -0.25) is 25.2 Å². The third-order valence-electron chi connectivity index (χ3n) is 4.25. The molecule has 0 fully saturated rings. The summed E-state index contributed by atoms with van der Waals surface area (Å²) in [4.78, 5) is 37.0. The number of hydrazine groups is 1. The molecule has 0 saturated carbocycles. The molecular weight excluding hydrogens is 336 g/mol. The number of carbonyl (C=O) groups is 2. The van der Waals surface area contributed by atoms with Gasteiger partial charge in [0.1, 0.15) is 11.5 Å². The molecule has 3 aromatic rings. The molecule has 0 spiro atoms. The van der Waals surface area contributed by atoms with Crippen LogP contribution in [0.15, 0.2) is 33.5 Å². The van der Waals surface area contributed by atoms with Crippen molar-refractivity contribution in [1.82, 2.24) is 20.6 Å². The molecule has 2 N–H and O–H groups in total. The van der Waals surface area contributed by atoms with Crippen LogP contribution in [0.4, 0.5) is 0 Å². The molecule has 1 aromatic carbocycles.